The molecular weight excluding hydrogens is 286 g/mol. The number of hydrogen-bond acceptors (Lipinski definition) is 3. The Balaban J connectivity index is 2.29. The summed E-state index contributed by atoms with van der Waals surface area (Å²) in [5.74, 6) is -1.38. The number of rotatable bonds is 4. The third kappa shape index (κ3) is 3.00. The summed E-state index contributed by atoms with van der Waals surface area (Å²) in [6.45, 7) is -0.0733. The van der Waals surface area contributed by atoms with E-state index >= 15 is 0 Å². The lowest BCUT2D eigenvalue weighted by Crippen LogP contribution is -2.28. The second kappa shape index (κ2) is 5.64. The second-order valence-corrected chi connectivity index (χ2v) is 6.14. The normalized spacial score (nSPS) is 11.8. The van der Waals surface area contributed by atoms with Gasteiger partial charge in [0.25, 0.3) is 10.0 Å². The number of hydrogen-bond donors (Lipinski definition) is 0. The van der Waals surface area contributed by atoms with Crippen molar-refractivity contribution >= 4 is 10.0 Å². The molecule has 0 radical (unpaired) electrons. The lowest BCUT2D eigenvalue weighted by Gasteiger charge is -2.16. The highest BCUT2D eigenvalue weighted by atomic mass is 32.2. The Hall–Kier alpha value is -1.86. The summed E-state index contributed by atoms with van der Waals surface area (Å²) in [6.07, 6.45) is 1.20. The zero-order valence-electron chi connectivity index (χ0n) is 10.6. The summed E-state index contributed by atoms with van der Waals surface area (Å²) in [5, 5.41) is -0.640. The van der Waals surface area contributed by atoms with Gasteiger partial charge in [-0.25, -0.2) is 22.2 Å². The molecule has 1 heterocycles. The molecule has 0 saturated heterocycles. The molecule has 0 saturated carbocycles. The molecule has 1 aromatic carbocycles. The van der Waals surface area contributed by atoms with Crippen LogP contribution in [-0.2, 0) is 16.6 Å². The van der Waals surface area contributed by atoms with Crippen molar-refractivity contribution in [3.63, 3.8) is 0 Å². The van der Waals surface area contributed by atoms with E-state index in [9.17, 15) is 17.2 Å². The van der Waals surface area contributed by atoms with Crippen molar-refractivity contribution in [3.05, 3.63) is 59.8 Å². The fourth-order valence-corrected chi connectivity index (χ4v) is 2.81. The van der Waals surface area contributed by atoms with Crippen LogP contribution in [0.2, 0.25) is 0 Å². The van der Waals surface area contributed by atoms with Gasteiger partial charge in [-0.1, -0.05) is 12.1 Å². The minimum absolute atomic E-state index is 0.0733. The minimum Gasteiger partial charge on any atom is -0.241 e. The predicted molar refractivity (Wildman–Crippen MR) is 69.2 cm³/mol. The smallest absolute Gasteiger partial charge is 0.241 e. The number of aromatic nitrogens is 1. The predicted octanol–water partition coefficient (Wildman–Crippen LogP) is 2.18. The van der Waals surface area contributed by atoms with Gasteiger partial charge in [-0.15, -0.1) is 0 Å². The highest BCUT2D eigenvalue weighted by Crippen LogP contribution is 2.17. The molecule has 7 heteroatoms. The van der Waals surface area contributed by atoms with Gasteiger partial charge in [0.1, 0.15) is 5.82 Å². The molecule has 0 spiro atoms. The van der Waals surface area contributed by atoms with Crippen molar-refractivity contribution in [2.24, 2.45) is 0 Å². The monoisotopic (exact) mass is 298 g/mol. The lowest BCUT2D eigenvalue weighted by molar-refractivity contribution is 0.453. The second-order valence-electron chi connectivity index (χ2n) is 4.18. The molecule has 0 aliphatic carbocycles. The molecule has 0 aliphatic heterocycles. The van der Waals surface area contributed by atoms with Crippen LogP contribution < -0.4 is 0 Å². The van der Waals surface area contributed by atoms with Crippen molar-refractivity contribution in [3.8, 4) is 0 Å². The summed E-state index contributed by atoms with van der Waals surface area (Å²) in [4.78, 5) is 3.55. The highest BCUT2D eigenvalue weighted by Gasteiger charge is 2.25. The number of halogens is 2. The molecular formula is C13H12F2N2O2S. The van der Waals surface area contributed by atoms with E-state index in [-0.39, 0.29) is 6.54 Å². The average molecular weight is 298 g/mol. The van der Waals surface area contributed by atoms with Gasteiger partial charge in [-0.05, 0) is 29.8 Å². The Labute approximate surface area is 115 Å². The standard InChI is InChI=1S/C13H12F2N2O2S/c1-17(9-10-4-2-5-11(14)8-10)20(18,19)13-12(15)6-3-7-16-13/h2-8H,9H2,1H3. The van der Waals surface area contributed by atoms with Crippen molar-refractivity contribution in [2.75, 3.05) is 7.05 Å². The van der Waals surface area contributed by atoms with Crippen molar-refractivity contribution in [2.45, 2.75) is 11.6 Å². The Morgan fingerprint density at radius 1 is 1.20 bits per heavy atom. The lowest BCUT2D eigenvalue weighted by atomic mass is 10.2. The van der Waals surface area contributed by atoms with E-state index in [1.54, 1.807) is 6.07 Å². The summed E-state index contributed by atoms with van der Waals surface area (Å²) < 4.78 is 51.8. The number of nitrogens with zero attached hydrogens (tertiary/aromatic N) is 2. The highest BCUT2D eigenvalue weighted by molar-refractivity contribution is 7.89. The van der Waals surface area contributed by atoms with Crippen LogP contribution in [0.5, 0.6) is 0 Å². The number of benzene rings is 1. The van der Waals surface area contributed by atoms with E-state index in [4.69, 9.17) is 0 Å². The molecule has 4 nitrogen and oxygen atoms in total. The van der Waals surface area contributed by atoms with E-state index in [0.29, 0.717) is 5.56 Å². The van der Waals surface area contributed by atoms with Gasteiger partial charge >= 0.3 is 0 Å². The zero-order chi connectivity index (χ0) is 14.8. The van der Waals surface area contributed by atoms with Crippen LogP contribution in [0, 0.1) is 11.6 Å². The molecule has 1 aromatic heterocycles. The first-order valence-electron chi connectivity index (χ1n) is 5.72. The molecule has 0 bridgehead atoms. The van der Waals surface area contributed by atoms with E-state index in [1.165, 1.54) is 37.5 Å². The average Bonchev–Trinajstić information content (AvgIpc) is 2.39. The molecule has 2 rings (SSSR count). The molecule has 0 fully saturated rings. The molecule has 0 amide bonds. The Morgan fingerprint density at radius 2 is 1.95 bits per heavy atom. The molecule has 0 atom stereocenters. The first kappa shape index (κ1) is 14.5. The van der Waals surface area contributed by atoms with Gasteiger partial charge in [-0.3, -0.25) is 0 Å². The molecule has 2 aromatic rings. The molecule has 106 valence electrons. The first-order valence-corrected chi connectivity index (χ1v) is 7.16. The summed E-state index contributed by atoms with van der Waals surface area (Å²) in [6, 6.07) is 7.88. The fourth-order valence-electron chi connectivity index (χ4n) is 1.69. The van der Waals surface area contributed by atoms with Gasteiger partial charge < -0.3 is 0 Å². The summed E-state index contributed by atoms with van der Waals surface area (Å²) in [5.41, 5.74) is 0.465. The maximum Gasteiger partial charge on any atom is 0.263 e. The Bertz CT molecular complexity index is 720. The zero-order valence-corrected chi connectivity index (χ0v) is 11.4. The number of pyridine rings is 1. The van der Waals surface area contributed by atoms with Gasteiger partial charge in [0, 0.05) is 19.8 Å². The third-order valence-corrected chi connectivity index (χ3v) is 4.41. The van der Waals surface area contributed by atoms with E-state index < -0.39 is 26.7 Å². The molecule has 0 unspecified atom stereocenters. The molecule has 0 aliphatic rings. The van der Waals surface area contributed by atoms with Crippen molar-refractivity contribution < 1.29 is 17.2 Å². The summed E-state index contributed by atoms with van der Waals surface area (Å²) >= 11 is 0. The van der Waals surface area contributed by atoms with E-state index in [1.807, 2.05) is 0 Å². The quantitative estimate of drug-likeness (QED) is 0.869. The van der Waals surface area contributed by atoms with Crippen LogP contribution in [0.25, 0.3) is 0 Å². The molecule has 0 N–H and O–H groups in total. The summed E-state index contributed by atoms with van der Waals surface area (Å²) in [7, 11) is -2.77. The largest absolute Gasteiger partial charge is 0.263 e. The fraction of sp³-hybridized carbons (Fsp3) is 0.154. The maximum absolute atomic E-state index is 13.5. The van der Waals surface area contributed by atoms with Gasteiger partial charge in [0.05, 0.1) is 0 Å². The first-order chi connectivity index (χ1) is 9.41. The van der Waals surface area contributed by atoms with Gasteiger partial charge in [0.15, 0.2) is 5.82 Å². The van der Waals surface area contributed by atoms with E-state index in [0.717, 1.165) is 10.4 Å². The Kier molecular flexibility index (Phi) is 4.10. The van der Waals surface area contributed by atoms with Gasteiger partial charge in [0.2, 0.25) is 5.03 Å². The van der Waals surface area contributed by atoms with Crippen LogP contribution in [-0.4, -0.2) is 24.8 Å². The van der Waals surface area contributed by atoms with Crippen LogP contribution in [0.4, 0.5) is 8.78 Å². The van der Waals surface area contributed by atoms with Crippen LogP contribution in [0.1, 0.15) is 5.56 Å². The van der Waals surface area contributed by atoms with Crippen LogP contribution in [0.15, 0.2) is 47.6 Å². The molecule has 20 heavy (non-hydrogen) atoms. The van der Waals surface area contributed by atoms with Crippen LogP contribution >= 0.6 is 0 Å². The Morgan fingerprint density at radius 3 is 2.60 bits per heavy atom. The van der Waals surface area contributed by atoms with Gasteiger partial charge in [-0.2, -0.15) is 4.31 Å². The van der Waals surface area contributed by atoms with Crippen LogP contribution in [0.3, 0.4) is 0 Å². The van der Waals surface area contributed by atoms with E-state index in [2.05, 4.69) is 4.98 Å². The van der Waals surface area contributed by atoms with Crippen molar-refractivity contribution in [1.82, 2.24) is 9.29 Å². The third-order valence-electron chi connectivity index (χ3n) is 2.67. The topological polar surface area (TPSA) is 50.3 Å². The maximum atomic E-state index is 13.5. The minimum atomic E-state index is -4.06. The SMILES string of the molecule is CN(Cc1cccc(F)c1)S(=O)(=O)c1ncccc1F. The number of sulfonamides is 1. The van der Waals surface area contributed by atoms with Crippen molar-refractivity contribution in [1.29, 1.82) is 0 Å².